The van der Waals surface area contributed by atoms with Crippen LogP contribution < -0.4 is 5.32 Å². The molecule has 2 heterocycles. The number of aryl methyl sites for hydroxylation is 1. The molecule has 0 aromatic carbocycles. The maximum absolute atomic E-state index is 14.0. The summed E-state index contributed by atoms with van der Waals surface area (Å²) in [6, 6.07) is 0. The minimum atomic E-state index is -1.21. The molecule has 1 N–H and O–H groups in total. The van der Waals surface area contributed by atoms with Gasteiger partial charge in [-0.05, 0) is 20.8 Å². The molecule has 0 radical (unpaired) electrons. The van der Waals surface area contributed by atoms with Crippen molar-refractivity contribution in [3.8, 4) is 0 Å². The van der Waals surface area contributed by atoms with Crippen LogP contribution in [0.4, 0.5) is 10.2 Å². The molecule has 0 aliphatic heterocycles. The van der Waals surface area contributed by atoms with Crippen LogP contribution in [0.25, 0.3) is 0 Å². The van der Waals surface area contributed by atoms with E-state index in [0.717, 1.165) is 5.88 Å². The summed E-state index contributed by atoms with van der Waals surface area (Å²) in [6.45, 7) is 7.38. The number of ether oxygens (including phenoxy) is 1. The SMILES string of the molecule is CC(C)(C)OC(=O)c1cn(CCC(F)Cn2cc(NC=O)nn2)nn1.CCCl. The third-order valence-electron chi connectivity index (χ3n) is 2.95. The van der Waals surface area contributed by atoms with Crippen LogP contribution in [0.2, 0.25) is 0 Å². The second-order valence-corrected chi connectivity index (χ2v) is 7.14. The first-order chi connectivity index (χ1) is 13.2. The standard InChI is InChI=1S/C14H20FN7O3.C2H5Cl/c1-14(2,3)25-13(24)11-7-21(19-17-11)5-4-10(15)6-22-8-12(16-9-23)18-20-22;1-2-3/h7-10H,4-6H2,1-3H3,(H,16,23);2H2,1H3. The zero-order chi connectivity index (χ0) is 21.2. The van der Waals surface area contributed by atoms with E-state index in [1.165, 1.54) is 21.8 Å². The second kappa shape index (κ2) is 11.3. The number of carbonyl (C=O) groups is 2. The molecule has 0 fully saturated rings. The number of nitrogens with zero attached hydrogens (tertiary/aromatic N) is 6. The Balaban J connectivity index is 0.00000122. The van der Waals surface area contributed by atoms with Crippen molar-refractivity contribution in [2.75, 3.05) is 11.2 Å². The van der Waals surface area contributed by atoms with Gasteiger partial charge in [-0.25, -0.2) is 13.9 Å². The van der Waals surface area contributed by atoms with Gasteiger partial charge in [0.2, 0.25) is 6.41 Å². The highest BCUT2D eigenvalue weighted by Gasteiger charge is 2.20. The largest absolute Gasteiger partial charge is 0.455 e. The Morgan fingerprint density at radius 3 is 2.57 bits per heavy atom. The fraction of sp³-hybridized carbons (Fsp3) is 0.625. The number of halogens is 2. The number of nitrogens with one attached hydrogen (secondary N) is 1. The molecule has 0 aliphatic carbocycles. The molecule has 0 saturated heterocycles. The molecule has 2 aromatic rings. The van der Waals surface area contributed by atoms with Gasteiger partial charge in [-0.15, -0.1) is 21.8 Å². The molecule has 2 rings (SSSR count). The molecule has 2 aromatic heterocycles. The smallest absolute Gasteiger partial charge is 0.361 e. The highest BCUT2D eigenvalue weighted by molar-refractivity contribution is 6.17. The summed E-state index contributed by atoms with van der Waals surface area (Å²) < 4.78 is 21.9. The summed E-state index contributed by atoms with van der Waals surface area (Å²) in [5, 5.41) is 17.2. The van der Waals surface area contributed by atoms with Crippen molar-refractivity contribution in [3.63, 3.8) is 0 Å². The van der Waals surface area contributed by atoms with Crippen molar-refractivity contribution >= 4 is 29.8 Å². The molecule has 1 atom stereocenters. The molecule has 0 bridgehead atoms. The summed E-state index contributed by atoms with van der Waals surface area (Å²) in [5.74, 6) is 0.397. The Hall–Kier alpha value is -2.56. The molecular weight excluding hydrogens is 393 g/mol. The normalized spacial score (nSPS) is 11.9. The zero-order valence-electron chi connectivity index (χ0n) is 16.3. The maximum atomic E-state index is 14.0. The molecule has 1 unspecified atom stereocenters. The number of hydrogen-bond acceptors (Lipinski definition) is 7. The minimum absolute atomic E-state index is 0.0127. The summed E-state index contributed by atoms with van der Waals surface area (Å²) in [5.41, 5.74) is -0.550. The van der Waals surface area contributed by atoms with E-state index in [2.05, 4.69) is 25.9 Å². The highest BCUT2D eigenvalue weighted by atomic mass is 35.5. The Morgan fingerprint density at radius 2 is 1.96 bits per heavy atom. The van der Waals surface area contributed by atoms with Crippen LogP contribution in [-0.4, -0.2) is 60.0 Å². The molecule has 28 heavy (non-hydrogen) atoms. The van der Waals surface area contributed by atoms with Gasteiger partial charge < -0.3 is 10.1 Å². The molecule has 10 nitrogen and oxygen atoms in total. The molecule has 1 amide bonds. The molecular formula is C16H25ClFN7O3. The van der Waals surface area contributed by atoms with Crippen LogP contribution >= 0.6 is 11.6 Å². The Bertz CT molecular complexity index is 745. The van der Waals surface area contributed by atoms with E-state index >= 15 is 0 Å². The Labute approximate surface area is 167 Å². The van der Waals surface area contributed by atoms with Crippen LogP contribution in [0.1, 0.15) is 44.6 Å². The Morgan fingerprint density at radius 1 is 1.32 bits per heavy atom. The van der Waals surface area contributed by atoms with Gasteiger partial charge in [0.1, 0.15) is 11.8 Å². The third-order valence-corrected chi connectivity index (χ3v) is 2.95. The number of rotatable bonds is 8. The van der Waals surface area contributed by atoms with Crippen LogP contribution in [-0.2, 0) is 22.6 Å². The molecule has 0 spiro atoms. The fourth-order valence-electron chi connectivity index (χ4n) is 1.91. The summed E-state index contributed by atoms with van der Waals surface area (Å²) in [7, 11) is 0. The average Bonchev–Trinajstić information content (AvgIpc) is 3.22. The first-order valence-electron chi connectivity index (χ1n) is 8.62. The molecule has 12 heteroatoms. The lowest BCUT2D eigenvalue weighted by molar-refractivity contribution is -0.105. The average molecular weight is 418 g/mol. The number of amides is 1. The lowest BCUT2D eigenvalue weighted by Gasteiger charge is -2.18. The highest BCUT2D eigenvalue weighted by Crippen LogP contribution is 2.11. The topological polar surface area (TPSA) is 117 Å². The summed E-state index contributed by atoms with van der Waals surface area (Å²) in [6.07, 6.45) is 2.25. The monoisotopic (exact) mass is 417 g/mol. The number of aromatic nitrogens is 6. The predicted octanol–water partition coefficient (Wildman–Crippen LogP) is 2.07. The number of esters is 1. The maximum Gasteiger partial charge on any atom is 0.361 e. The Kier molecular flexibility index (Phi) is 9.49. The van der Waals surface area contributed by atoms with E-state index in [9.17, 15) is 14.0 Å². The van der Waals surface area contributed by atoms with Gasteiger partial charge in [0.25, 0.3) is 0 Å². The van der Waals surface area contributed by atoms with Gasteiger partial charge in [0.15, 0.2) is 11.5 Å². The molecule has 0 saturated carbocycles. The van der Waals surface area contributed by atoms with Gasteiger partial charge >= 0.3 is 5.97 Å². The van der Waals surface area contributed by atoms with Crippen molar-refractivity contribution in [2.45, 2.75) is 59.0 Å². The molecule has 156 valence electrons. The van der Waals surface area contributed by atoms with Crippen molar-refractivity contribution in [2.24, 2.45) is 0 Å². The van der Waals surface area contributed by atoms with Crippen molar-refractivity contribution in [3.05, 3.63) is 18.1 Å². The van der Waals surface area contributed by atoms with Crippen LogP contribution in [0.15, 0.2) is 12.4 Å². The number of alkyl halides is 2. The van der Waals surface area contributed by atoms with Gasteiger partial charge in [-0.3, -0.25) is 9.48 Å². The van der Waals surface area contributed by atoms with Crippen molar-refractivity contribution in [1.29, 1.82) is 0 Å². The lowest BCUT2D eigenvalue weighted by atomic mass is 10.2. The van der Waals surface area contributed by atoms with E-state index in [-0.39, 0.29) is 31.0 Å². The predicted molar refractivity (Wildman–Crippen MR) is 101 cm³/mol. The van der Waals surface area contributed by atoms with Crippen LogP contribution in [0.5, 0.6) is 0 Å². The number of hydrogen-bond donors (Lipinski definition) is 1. The van der Waals surface area contributed by atoms with Crippen molar-refractivity contribution < 1.29 is 18.7 Å². The summed E-state index contributed by atoms with van der Waals surface area (Å²) in [4.78, 5) is 22.1. The second-order valence-electron chi connectivity index (χ2n) is 6.61. The van der Waals surface area contributed by atoms with E-state index in [1.807, 2.05) is 6.92 Å². The van der Waals surface area contributed by atoms with Gasteiger partial charge in [-0.2, -0.15) is 0 Å². The van der Waals surface area contributed by atoms with Crippen LogP contribution in [0, 0.1) is 0 Å². The van der Waals surface area contributed by atoms with E-state index in [1.54, 1.807) is 20.8 Å². The van der Waals surface area contributed by atoms with E-state index in [0.29, 0.717) is 6.41 Å². The van der Waals surface area contributed by atoms with Gasteiger partial charge in [0, 0.05) is 18.8 Å². The van der Waals surface area contributed by atoms with Gasteiger partial charge in [0.05, 0.1) is 18.9 Å². The number of carbonyl (C=O) groups excluding carboxylic acids is 2. The zero-order valence-corrected chi connectivity index (χ0v) is 17.1. The number of anilines is 1. The van der Waals surface area contributed by atoms with E-state index in [4.69, 9.17) is 16.3 Å². The van der Waals surface area contributed by atoms with Crippen LogP contribution in [0.3, 0.4) is 0 Å². The van der Waals surface area contributed by atoms with Gasteiger partial charge in [-0.1, -0.05) is 17.4 Å². The first kappa shape index (κ1) is 23.5. The van der Waals surface area contributed by atoms with Crippen molar-refractivity contribution in [1.82, 2.24) is 30.0 Å². The fourth-order valence-corrected chi connectivity index (χ4v) is 1.91. The lowest BCUT2D eigenvalue weighted by Crippen LogP contribution is -2.24. The van der Waals surface area contributed by atoms with E-state index < -0.39 is 17.7 Å². The minimum Gasteiger partial charge on any atom is -0.455 e. The third kappa shape index (κ3) is 8.89. The molecule has 0 aliphatic rings. The first-order valence-corrected chi connectivity index (χ1v) is 9.15. The quantitative estimate of drug-likeness (QED) is 0.397. The summed E-state index contributed by atoms with van der Waals surface area (Å²) >= 11 is 5.00.